The van der Waals surface area contributed by atoms with Gasteiger partial charge in [-0.2, -0.15) is 0 Å². The second-order valence-electron chi connectivity index (χ2n) is 2.92. The van der Waals surface area contributed by atoms with Gasteiger partial charge in [0.2, 0.25) is 0 Å². The van der Waals surface area contributed by atoms with Crippen LogP contribution in [0.3, 0.4) is 0 Å². The Morgan fingerprint density at radius 2 is 2.36 bits per heavy atom. The van der Waals surface area contributed by atoms with Crippen molar-refractivity contribution in [3.63, 3.8) is 0 Å². The number of carbonyl (C=O) groups is 2. The number of hydrogen-bond acceptors (Lipinski definition) is 3. The molecule has 62 valence electrons. The minimum atomic E-state index is -0.870. The van der Waals surface area contributed by atoms with Crippen LogP contribution in [0.25, 0.3) is 0 Å². The standard InChI is InChI=1S/C7H11NO3/c1-4-2-5(9)3-8-6(4)7(10)11/h4,6,8H,2-3H2,1H3,(H,10,11). The van der Waals surface area contributed by atoms with Gasteiger partial charge in [-0.3, -0.25) is 14.9 Å². The van der Waals surface area contributed by atoms with Gasteiger partial charge in [0.15, 0.2) is 0 Å². The van der Waals surface area contributed by atoms with Crippen molar-refractivity contribution in [3.8, 4) is 0 Å². The Morgan fingerprint density at radius 3 is 2.82 bits per heavy atom. The van der Waals surface area contributed by atoms with Gasteiger partial charge in [-0.1, -0.05) is 6.92 Å². The van der Waals surface area contributed by atoms with E-state index in [1.54, 1.807) is 6.92 Å². The first-order valence-corrected chi connectivity index (χ1v) is 3.59. The third-order valence-electron chi connectivity index (χ3n) is 1.90. The lowest BCUT2D eigenvalue weighted by Crippen LogP contribution is -2.49. The van der Waals surface area contributed by atoms with Gasteiger partial charge in [0.05, 0.1) is 6.54 Å². The molecule has 0 spiro atoms. The molecule has 1 saturated heterocycles. The zero-order chi connectivity index (χ0) is 8.43. The van der Waals surface area contributed by atoms with E-state index in [4.69, 9.17) is 5.11 Å². The minimum absolute atomic E-state index is 0.0891. The van der Waals surface area contributed by atoms with Crippen LogP contribution in [0.5, 0.6) is 0 Å². The Balaban J connectivity index is 2.57. The van der Waals surface area contributed by atoms with Crippen molar-refractivity contribution in [1.29, 1.82) is 0 Å². The highest BCUT2D eigenvalue weighted by Gasteiger charge is 2.30. The van der Waals surface area contributed by atoms with Crippen molar-refractivity contribution in [3.05, 3.63) is 0 Å². The summed E-state index contributed by atoms with van der Waals surface area (Å²) >= 11 is 0. The molecule has 4 heteroatoms. The highest BCUT2D eigenvalue weighted by atomic mass is 16.4. The normalized spacial score (nSPS) is 31.9. The summed E-state index contributed by atoms with van der Waals surface area (Å²) in [6, 6.07) is -0.548. The fraction of sp³-hybridized carbons (Fsp3) is 0.714. The predicted molar refractivity (Wildman–Crippen MR) is 38.2 cm³/mol. The molecule has 0 bridgehead atoms. The monoisotopic (exact) mass is 157 g/mol. The lowest BCUT2D eigenvalue weighted by Gasteiger charge is -2.25. The van der Waals surface area contributed by atoms with Gasteiger partial charge in [-0.05, 0) is 5.92 Å². The van der Waals surface area contributed by atoms with E-state index in [2.05, 4.69) is 5.32 Å². The number of aliphatic carboxylic acids is 1. The van der Waals surface area contributed by atoms with E-state index in [0.29, 0.717) is 6.42 Å². The van der Waals surface area contributed by atoms with E-state index < -0.39 is 12.0 Å². The molecule has 0 aromatic carbocycles. The van der Waals surface area contributed by atoms with Crippen molar-refractivity contribution in [2.24, 2.45) is 5.92 Å². The number of carboxylic acid groups (broad SMARTS) is 1. The van der Waals surface area contributed by atoms with Crippen LogP contribution in [0.2, 0.25) is 0 Å². The highest BCUT2D eigenvalue weighted by Crippen LogP contribution is 2.12. The molecule has 4 nitrogen and oxygen atoms in total. The maximum Gasteiger partial charge on any atom is 0.320 e. The smallest absolute Gasteiger partial charge is 0.320 e. The molecule has 2 N–H and O–H groups in total. The third kappa shape index (κ3) is 1.77. The minimum Gasteiger partial charge on any atom is -0.480 e. The van der Waals surface area contributed by atoms with Gasteiger partial charge in [0.1, 0.15) is 11.8 Å². The van der Waals surface area contributed by atoms with Crippen molar-refractivity contribution in [2.45, 2.75) is 19.4 Å². The third-order valence-corrected chi connectivity index (χ3v) is 1.90. The maximum absolute atomic E-state index is 10.8. The van der Waals surface area contributed by atoms with Crippen LogP contribution in [0.1, 0.15) is 13.3 Å². The van der Waals surface area contributed by atoms with E-state index in [1.165, 1.54) is 0 Å². The van der Waals surface area contributed by atoms with Gasteiger partial charge in [0, 0.05) is 6.42 Å². The molecule has 0 aromatic rings. The molecular weight excluding hydrogens is 146 g/mol. The molecule has 2 atom stereocenters. The number of piperidine rings is 1. The predicted octanol–water partition coefficient (Wildman–Crippen LogP) is -0.362. The molecule has 0 radical (unpaired) electrons. The van der Waals surface area contributed by atoms with Gasteiger partial charge in [-0.15, -0.1) is 0 Å². The SMILES string of the molecule is CC1CC(=O)CNC1C(=O)O. The van der Waals surface area contributed by atoms with Crippen molar-refractivity contribution in [1.82, 2.24) is 5.32 Å². The summed E-state index contributed by atoms with van der Waals surface area (Å²) in [6.45, 7) is 1.96. The second kappa shape index (κ2) is 3.00. The number of rotatable bonds is 1. The largest absolute Gasteiger partial charge is 0.480 e. The molecule has 0 amide bonds. The van der Waals surface area contributed by atoms with Gasteiger partial charge in [-0.25, -0.2) is 0 Å². The lowest BCUT2D eigenvalue weighted by molar-refractivity contribution is -0.142. The van der Waals surface area contributed by atoms with Crippen LogP contribution in [0.15, 0.2) is 0 Å². The van der Waals surface area contributed by atoms with Crippen LogP contribution >= 0.6 is 0 Å². The van der Waals surface area contributed by atoms with E-state index in [0.717, 1.165) is 0 Å². The van der Waals surface area contributed by atoms with Crippen LogP contribution in [0.4, 0.5) is 0 Å². The molecule has 1 aliphatic rings. The van der Waals surface area contributed by atoms with Crippen molar-refractivity contribution >= 4 is 11.8 Å². The first kappa shape index (κ1) is 8.20. The summed E-state index contributed by atoms with van der Waals surface area (Å²) in [4.78, 5) is 21.3. The van der Waals surface area contributed by atoms with E-state index in [9.17, 15) is 9.59 Å². The van der Waals surface area contributed by atoms with Crippen LogP contribution in [0, 0.1) is 5.92 Å². The number of hydrogen-bond donors (Lipinski definition) is 2. The first-order valence-electron chi connectivity index (χ1n) is 3.59. The van der Waals surface area contributed by atoms with Crippen LogP contribution in [-0.4, -0.2) is 29.4 Å². The highest BCUT2D eigenvalue weighted by molar-refractivity contribution is 5.85. The molecule has 2 unspecified atom stereocenters. The Bertz CT molecular complexity index is 190. The van der Waals surface area contributed by atoms with Crippen LogP contribution in [-0.2, 0) is 9.59 Å². The average Bonchev–Trinajstić information content (AvgIpc) is 1.85. The van der Waals surface area contributed by atoms with E-state index in [1.807, 2.05) is 0 Å². The van der Waals surface area contributed by atoms with E-state index in [-0.39, 0.29) is 18.2 Å². The second-order valence-corrected chi connectivity index (χ2v) is 2.92. The number of carboxylic acids is 1. The fourth-order valence-electron chi connectivity index (χ4n) is 1.30. The number of nitrogens with one attached hydrogen (secondary N) is 1. The van der Waals surface area contributed by atoms with Crippen molar-refractivity contribution < 1.29 is 14.7 Å². The molecular formula is C7H11NO3. The summed E-state index contributed by atoms with van der Waals surface area (Å²) < 4.78 is 0. The van der Waals surface area contributed by atoms with Crippen LogP contribution < -0.4 is 5.32 Å². The molecule has 1 heterocycles. The quantitative estimate of drug-likeness (QED) is 0.545. The fourth-order valence-corrected chi connectivity index (χ4v) is 1.30. The summed E-state index contributed by atoms with van der Waals surface area (Å²) in [5.41, 5.74) is 0. The molecule has 0 aliphatic carbocycles. The summed E-state index contributed by atoms with van der Waals surface area (Å²) in [5.74, 6) is -0.867. The molecule has 1 fully saturated rings. The van der Waals surface area contributed by atoms with Gasteiger partial charge < -0.3 is 5.11 Å². The van der Waals surface area contributed by atoms with Crippen molar-refractivity contribution in [2.75, 3.05) is 6.54 Å². The Morgan fingerprint density at radius 1 is 1.73 bits per heavy atom. The number of ketones is 1. The Hall–Kier alpha value is -0.900. The number of carbonyl (C=O) groups excluding carboxylic acids is 1. The summed E-state index contributed by atoms with van der Waals surface area (Å²) in [6.07, 6.45) is 0.379. The molecule has 11 heavy (non-hydrogen) atoms. The maximum atomic E-state index is 10.8. The average molecular weight is 157 g/mol. The summed E-state index contributed by atoms with van der Waals surface area (Å²) in [7, 11) is 0. The Labute approximate surface area is 64.6 Å². The molecule has 1 aliphatic heterocycles. The first-order chi connectivity index (χ1) is 5.11. The van der Waals surface area contributed by atoms with Gasteiger partial charge in [0.25, 0.3) is 0 Å². The van der Waals surface area contributed by atoms with Gasteiger partial charge >= 0.3 is 5.97 Å². The molecule has 0 saturated carbocycles. The number of Topliss-reactive ketones (excluding diaryl/α,β-unsaturated/α-hetero) is 1. The molecule has 0 aromatic heterocycles. The topological polar surface area (TPSA) is 66.4 Å². The molecule has 1 rings (SSSR count). The van der Waals surface area contributed by atoms with E-state index >= 15 is 0 Å². The lowest BCUT2D eigenvalue weighted by atomic mass is 9.92. The zero-order valence-corrected chi connectivity index (χ0v) is 6.33. The Kier molecular flexibility index (Phi) is 2.24. The zero-order valence-electron chi connectivity index (χ0n) is 6.33. The summed E-state index contributed by atoms with van der Waals surface area (Å²) in [5, 5.41) is 11.3.